The fourth-order valence-corrected chi connectivity index (χ4v) is 1.58. The monoisotopic (exact) mass is 216 g/mol. The van der Waals surface area contributed by atoms with Crippen LogP contribution in [0.4, 0.5) is 0 Å². The van der Waals surface area contributed by atoms with Gasteiger partial charge in [0, 0.05) is 17.6 Å². The number of rotatable bonds is 7. The van der Waals surface area contributed by atoms with Gasteiger partial charge in [-0.2, -0.15) is 0 Å². The van der Waals surface area contributed by atoms with E-state index >= 15 is 0 Å². The highest BCUT2D eigenvalue weighted by atomic mass is 16.3. The van der Waals surface area contributed by atoms with Crippen LogP contribution >= 0.6 is 0 Å². The van der Waals surface area contributed by atoms with Crippen molar-refractivity contribution in [3.05, 3.63) is 0 Å². The summed E-state index contributed by atoms with van der Waals surface area (Å²) in [6.07, 6.45) is 0.969. The summed E-state index contributed by atoms with van der Waals surface area (Å²) in [7, 11) is 2.12. The maximum Gasteiger partial charge on any atom is 0.0611 e. The Morgan fingerprint density at radius 3 is 2.13 bits per heavy atom. The summed E-state index contributed by atoms with van der Waals surface area (Å²) in [5.74, 6) is 0. The van der Waals surface area contributed by atoms with Crippen LogP contribution in [0.1, 0.15) is 41.0 Å². The molecule has 0 aliphatic carbocycles. The van der Waals surface area contributed by atoms with Gasteiger partial charge in [0.1, 0.15) is 0 Å². The number of aliphatic hydroxyl groups excluding tert-OH is 1. The molecule has 0 aromatic heterocycles. The summed E-state index contributed by atoms with van der Waals surface area (Å²) in [4.78, 5) is 2.30. The molecule has 0 bridgehead atoms. The molecule has 1 unspecified atom stereocenters. The molecule has 3 heteroatoms. The number of nitrogens with zero attached hydrogens (tertiary/aromatic N) is 1. The van der Waals surface area contributed by atoms with E-state index in [1.54, 1.807) is 0 Å². The van der Waals surface area contributed by atoms with Crippen LogP contribution < -0.4 is 5.32 Å². The predicted octanol–water partition coefficient (Wildman–Crippen LogP) is 1.47. The van der Waals surface area contributed by atoms with Crippen LogP contribution in [-0.4, -0.2) is 47.8 Å². The summed E-state index contributed by atoms with van der Waals surface area (Å²) in [5.41, 5.74) is -0.155. The number of nitrogens with one attached hydrogen (secondary N) is 1. The zero-order valence-corrected chi connectivity index (χ0v) is 11.2. The normalized spacial score (nSPS) is 16.4. The van der Waals surface area contributed by atoms with Crippen molar-refractivity contribution in [3.63, 3.8) is 0 Å². The molecule has 3 nitrogen and oxygen atoms in total. The van der Waals surface area contributed by atoms with E-state index in [4.69, 9.17) is 0 Å². The molecule has 0 aromatic carbocycles. The van der Waals surface area contributed by atoms with Crippen LogP contribution in [0.5, 0.6) is 0 Å². The molecule has 0 amide bonds. The van der Waals surface area contributed by atoms with Gasteiger partial charge in [0.15, 0.2) is 0 Å². The van der Waals surface area contributed by atoms with Crippen molar-refractivity contribution < 1.29 is 5.11 Å². The molecule has 0 fully saturated rings. The molecule has 0 spiro atoms. The number of hydrogen-bond donors (Lipinski definition) is 2. The minimum Gasteiger partial charge on any atom is -0.394 e. The molecule has 15 heavy (non-hydrogen) atoms. The number of hydrogen-bond acceptors (Lipinski definition) is 3. The van der Waals surface area contributed by atoms with Crippen LogP contribution in [0.15, 0.2) is 0 Å². The predicted molar refractivity (Wildman–Crippen MR) is 66.1 cm³/mol. The zero-order chi connectivity index (χ0) is 12.1. The molecular formula is C12H28N2O. The van der Waals surface area contributed by atoms with E-state index in [-0.39, 0.29) is 12.1 Å². The summed E-state index contributed by atoms with van der Waals surface area (Å²) in [6.45, 7) is 11.9. The van der Waals surface area contributed by atoms with Crippen molar-refractivity contribution in [1.82, 2.24) is 10.2 Å². The van der Waals surface area contributed by atoms with E-state index < -0.39 is 0 Å². The molecule has 0 saturated heterocycles. The van der Waals surface area contributed by atoms with Gasteiger partial charge in [-0.3, -0.25) is 0 Å². The van der Waals surface area contributed by atoms with Crippen molar-refractivity contribution in [1.29, 1.82) is 0 Å². The van der Waals surface area contributed by atoms with Crippen molar-refractivity contribution in [2.75, 3.05) is 20.2 Å². The highest BCUT2D eigenvalue weighted by Gasteiger charge is 2.24. The van der Waals surface area contributed by atoms with E-state index in [0.717, 1.165) is 13.0 Å². The van der Waals surface area contributed by atoms with Crippen LogP contribution in [-0.2, 0) is 0 Å². The largest absolute Gasteiger partial charge is 0.394 e. The minimum absolute atomic E-state index is 0.155. The van der Waals surface area contributed by atoms with E-state index in [9.17, 15) is 5.11 Å². The van der Waals surface area contributed by atoms with Gasteiger partial charge >= 0.3 is 0 Å². The summed E-state index contributed by atoms with van der Waals surface area (Å²) in [5, 5.41) is 12.8. The van der Waals surface area contributed by atoms with E-state index in [1.165, 1.54) is 0 Å². The Kier molecular flexibility index (Phi) is 6.41. The average molecular weight is 216 g/mol. The summed E-state index contributed by atoms with van der Waals surface area (Å²) >= 11 is 0. The lowest BCUT2D eigenvalue weighted by molar-refractivity contribution is 0.137. The van der Waals surface area contributed by atoms with E-state index in [0.29, 0.717) is 12.1 Å². The Morgan fingerprint density at radius 2 is 1.80 bits per heavy atom. The van der Waals surface area contributed by atoms with E-state index in [1.807, 2.05) is 0 Å². The molecule has 2 N–H and O–H groups in total. The fraction of sp³-hybridized carbons (Fsp3) is 1.00. The highest BCUT2D eigenvalue weighted by molar-refractivity contribution is 4.85. The van der Waals surface area contributed by atoms with E-state index in [2.05, 4.69) is 51.9 Å². The molecule has 0 aromatic rings. The molecular weight excluding hydrogens is 188 g/mol. The summed E-state index contributed by atoms with van der Waals surface area (Å²) < 4.78 is 0. The zero-order valence-electron chi connectivity index (χ0n) is 11.2. The van der Waals surface area contributed by atoms with Gasteiger partial charge in [0.05, 0.1) is 6.61 Å². The topological polar surface area (TPSA) is 35.5 Å². The van der Waals surface area contributed by atoms with Crippen LogP contribution in [0.2, 0.25) is 0 Å². The van der Waals surface area contributed by atoms with Gasteiger partial charge < -0.3 is 15.3 Å². The van der Waals surface area contributed by atoms with Crippen LogP contribution in [0.25, 0.3) is 0 Å². The second-order valence-electron chi connectivity index (χ2n) is 5.34. The Morgan fingerprint density at radius 1 is 1.27 bits per heavy atom. The third-order valence-electron chi connectivity index (χ3n) is 2.88. The first-order valence-corrected chi connectivity index (χ1v) is 5.89. The quantitative estimate of drug-likeness (QED) is 0.676. The lowest BCUT2D eigenvalue weighted by atomic mass is 9.97. The van der Waals surface area contributed by atoms with Gasteiger partial charge in [0.2, 0.25) is 0 Å². The maximum atomic E-state index is 9.40. The lowest BCUT2D eigenvalue weighted by Gasteiger charge is -2.33. The average Bonchev–Trinajstić information content (AvgIpc) is 2.13. The van der Waals surface area contributed by atoms with Gasteiger partial charge in [-0.25, -0.2) is 0 Å². The molecule has 0 radical (unpaired) electrons. The Hall–Kier alpha value is -0.120. The smallest absolute Gasteiger partial charge is 0.0611 e. The highest BCUT2D eigenvalue weighted by Crippen LogP contribution is 2.11. The minimum atomic E-state index is -0.155. The van der Waals surface area contributed by atoms with Crippen molar-refractivity contribution >= 4 is 0 Å². The molecule has 0 saturated carbocycles. The van der Waals surface area contributed by atoms with Gasteiger partial charge in [-0.15, -0.1) is 0 Å². The number of aliphatic hydroxyl groups is 1. The van der Waals surface area contributed by atoms with Crippen LogP contribution in [0.3, 0.4) is 0 Å². The first kappa shape index (κ1) is 14.9. The third-order valence-corrected chi connectivity index (χ3v) is 2.88. The van der Waals surface area contributed by atoms with Crippen molar-refractivity contribution in [3.8, 4) is 0 Å². The van der Waals surface area contributed by atoms with Crippen molar-refractivity contribution in [2.45, 2.75) is 58.7 Å². The Labute approximate surface area is 94.9 Å². The Balaban J connectivity index is 4.08. The first-order valence-electron chi connectivity index (χ1n) is 5.89. The molecule has 0 heterocycles. The third kappa shape index (κ3) is 6.13. The molecule has 0 aliphatic rings. The van der Waals surface area contributed by atoms with Gasteiger partial charge in [0.25, 0.3) is 0 Å². The van der Waals surface area contributed by atoms with Gasteiger partial charge in [-0.05, 0) is 40.8 Å². The standard InChI is InChI=1S/C12H28N2O/c1-10(2)13-12(5,9-15)7-8-14(6)11(3)4/h10-11,13,15H,7-9H2,1-6H3. The van der Waals surface area contributed by atoms with Crippen LogP contribution in [0, 0.1) is 0 Å². The van der Waals surface area contributed by atoms with Crippen molar-refractivity contribution in [2.24, 2.45) is 0 Å². The Bertz CT molecular complexity index is 171. The second kappa shape index (κ2) is 6.46. The molecule has 92 valence electrons. The second-order valence-corrected chi connectivity index (χ2v) is 5.34. The lowest BCUT2D eigenvalue weighted by Crippen LogP contribution is -2.51. The SMILES string of the molecule is CC(C)NC(C)(CO)CCN(C)C(C)C. The molecule has 0 aliphatic heterocycles. The van der Waals surface area contributed by atoms with Gasteiger partial charge in [-0.1, -0.05) is 13.8 Å². The fourth-order valence-electron chi connectivity index (χ4n) is 1.58. The maximum absolute atomic E-state index is 9.40. The summed E-state index contributed by atoms with van der Waals surface area (Å²) in [6, 6.07) is 0.971. The molecule has 1 atom stereocenters. The molecule has 0 rings (SSSR count). The first-order chi connectivity index (χ1) is 6.80.